The number of imidazole rings is 1. The van der Waals surface area contributed by atoms with Gasteiger partial charge in [-0.25, -0.2) is 9.97 Å². The first-order chi connectivity index (χ1) is 14.7. The number of aromatic nitrogens is 3. The van der Waals surface area contributed by atoms with Gasteiger partial charge < -0.3 is 9.64 Å². The zero-order chi connectivity index (χ0) is 22.2. The molecule has 6 nitrogen and oxygen atoms in total. The summed E-state index contributed by atoms with van der Waals surface area (Å²) in [5, 5.41) is 0.519. The second kappa shape index (κ2) is 7.92. The van der Waals surface area contributed by atoms with Crippen LogP contribution in [0.4, 0.5) is 18.9 Å². The molecule has 0 bridgehead atoms. The maximum absolute atomic E-state index is 13.4. The van der Waals surface area contributed by atoms with Crippen molar-refractivity contribution >= 4 is 29.0 Å². The van der Waals surface area contributed by atoms with Gasteiger partial charge in [-0.15, -0.1) is 13.2 Å². The van der Waals surface area contributed by atoms with E-state index in [0.717, 1.165) is 0 Å². The van der Waals surface area contributed by atoms with Gasteiger partial charge in [-0.1, -0.05) is 23.7 Å². The third kappa shape index (κ3) is 4.31. The van der Waals surface area contributed by atoms with E-state index in [1.54, 1.807) is 49.6 Å². The quantitative estimate of drug-likeness (QED) is 0.431. The Morgan fingerprint density at radius 3 is 2.58 bits per heavy atom. The van der Waals surface area contributed by atoms with E-state index in [1.807, 2.05) is 0 Å². The Kier molecular flexibility index (Phi) is 5.28. The van der Waals surface area contributed by atoms with Crippen molar-refractivity contribution < 1.29 is 22.7 Å². The van der Waals surface area contributed by atoms with Gasteiger partial charge in [0, 0.05) is 35.7 Å². The number of ether oxygens (including phenoxy) is 1. The lowest BCUT2D eigenvalue weighted by Gasteiger charge is -2.18. The maximum Gasteiger partial charge on any atom is 0.573 e. The topological polar surface area (TPSA) is 59.7 Å². The lowest BCUT2D eigenvalue weighted by molar-refractivity contribution is -0.274. The van der Waals surface area contributed by atoms with E-state index in [1.165, 1.54) is 33.7 Å². The van der Waals surface area contributed by atoms with Crippen molar-refractivity contribution in [1.82, 2.24) is 14.4 Å². The van der Waals surface area contributed by atoms with Gasteiger partial charge in [-0.05, 0) is 42.5 Å². The van der Waals surface area contributed by atoms with Crippen molar-refractivity contribution in [2.45, 2.75) is 6.36 Å². The molecule has 158 valence electrons. The minimum Gasteiger partial charge on any atom is -0.406 e. The normalized spacial score (nSPS) is 11.5. The molecule has 0 fully saturated rings. The number of alkyl halides is 3. The molecule has 0 saturated heterocycles. The van der Waals surface area contributed by atoms with Crippen LogP contribution >= 0.6 is 11.6 Å². The highest BCUT2D eigenvalue weighted by molar-refractivity contribution is 6.30. The van der Waals surface area contributed by atoms with Gasteiger partial charge in [0.15, 0.2) is 0 Å². The van der Waals surface area contributed by atoms with E-state index in [-0.39, 0.29) is 22.7 Å². The molecule has 4 rings (SSSR count). The SMILES string of the molecule is CN(C(=O)c1c(-c2cccc(OC(F)(F)F)c2)nc2ncccn12)c1ccc(Cl)cc1. The Balaban J connectivity index is 1.83. The molecule has 0 aliphatic rings. The smallest absolute Gasteiger partial charge is 0.406 e. The molecule has 0 saturated carbocycles. The van der Waals surface area contributed by atoms with Crippen molar-refractivity contribution in [3.8, 4) is 17.0 Å². The van der Waals surface area contributed by atoms with Crippen LogP contribution in [0.3, 0.4) is 0 Å². The van der Waals surface area contributed by atoms with Crippen LogP contribution in [0.2, 0.25) is 5.02 Å². The van der Waals surface area contributed by atoms with Crippen LogP contribution in [0.1, 0.15) is 10.5 Å². The number of fused-ring (bicyclic) bond motifs is 1. The van der Waals surface area contributed by atoms with Gasteiger partial charge in [0.2, 0.25) is 5.78 Å². The summed E-state index contributed by atoms with van der Waals surface area (Å²) >= 11 is 5.92. The average molecular weight is 447 g/mol. The molecule has 0 radical (unpaired) electrons. The zero-order valence-electron chi connectivity index (χ0n) is 16.0. The Hall–Kier alpha value is -3.59. The molecule has 2 heterocycles. The summed E-state index contributed by atoms with van der Waals surface area (Å²) in [5.74, 6) is -0.619. The van der Waals surface area contributed by atoms with Crippen LogP contribution in [0, 0.1) is 0 Å². The van der Waals surface area contributed by atoms with Gasteiger partial charge >= 0.3 is 6.36 Å². The van der Waals surface area contributed by atoms with E-state index >= 15 is 0 Å². The third-order valence-corrected chi connectivity index (χ3v) is 4.72. The molecule has 0 aliphatic heterocycles. The minimum atomic E-state index is -4.84. The van der Waals surface area contributed by atoms with Crippen LogP contribution in [0.15, 0.2) is 67.0 Å². The molecular formula is C21H14ClF3N4O2. The number of carbonyl (C=O) groups is 1. The average Bonchev–Trinajstić information content (AvgIpc) is 3.12. The summed E-state index contributed by atoms with van der Waals surface area (Å²) in [6.45, 7) is 0. The molecule has 2 aromatic carbocycles. The number of nitrogens with zero attached hydrogens (tertiary/aromatic N) is 4. The van der Waals surface area contributed by atoms with Crippen molar-refractivity contribution in [2.75, 3.05) is 11.9 Å². The summed E-state index contributed by atoms with van der Waals surface area (Å²) in [4.78, 5) is 23.3. The molecule has 0 spiro atoms. The van der Waals surface area contributed by atoms with E-state index < -0.39 is 18.0 Å². The highest BCUT2D eigenvalue weighted by Gasteiger charge is 2.31. The fourth-order valence-electron chi connectivity index (χ4n) is 3.07. The molecule has 0 unspecified atom stereocenters. The minimum absolute atomic E-state index is 0.143. The lowest BCUT2D eigenvalue weighted by atomic mass is 10.1. The van der Waals surface area contributed by atoms with Crippen molar-refractivity contribution in [1.29, 1.82) is 0 Å². The van der Waals surface area contributed by atoms with E-state index in [2.05, 4.69) is 14.7 Å². The molecular weight excluding hydrogens is 433 g/mol. The molecule has 31 heavy (non-hydrogen) atoms. The fraction of sp³-hybridized carbons (Fsp3) is 0.0952. The fourth-order valence-corrected chi connectivity index (χ4v) is 3.20. The first-order valence-electron chi connectivity index (χ1n) is 8.96. The van der Waals surface area contributed by atoms with Crippen molar-refractivity contribution in [3.05, 3.63) is 77.7 Å². The first kappa shape index (κ1) is 20.7. The van der Waals surface area contributed by atoms with Crippen LogP contribution in [-0.2, 0) is 0 Å². The first-order valence-corrected chi connectivity index (χ1v) is 9.33. The molecule has 4 aromatic rings. The van der Waals surface area contributed by atoms with Gasteiger partial charge in [0.25, 0.3) is 5.91 Å². The van der Waals surface area contributed by atoms with E-state index in [0.29, 0.717) is 10.7 Å². The van der Waals surface area contributed by atoms with Gasteiger partial charge in [-0.2, -0.15) is 0 Å². The van der Waals surface area contributed by atoms with Gasteiger partial charge in [0.1, 0.15) is 17.1 Å². The second-order valence-electron chi connectivity index (χ2n) is 6.51. The number of halogens is 4. The number of carbonyl (C=O) groups excluding carboxylic acids is 1. The summed E-state index contributed by atoms with van der Waals surface area (Å²) in [5.41, 5.74) is 1.18. The molecule has 10 heteroatoms. The summed E-state index contributed by atoms with van der Waals surface area (Å²) in [7, 11) is 1.58. The van der Waals surface area contributed by atoms with Crippen LogP contribution in [-0.4, -0.2) is 33.7 Å². The number of rotatable bonds is 4. The Morgan fingerprint density at radius 2 is 1.87 bits per heavy atom. The molecule has 2 aromatic heterocycles. The lowest BCUT2D eigenvalue weighted by Crippen LogP contribution is -2.28. The standard InChI is InChI=1S/C21H14ClF3N4O2/c1-28(15-8-6-14(22)7-9-15)19(30)18-17(27-20-26-10-3-11-29(18)20)13-4-2-5-16(12-13)31-21(23,24)25/h2-12H,1H3. The largest absolute Gasteiger partial charge is 0.573 e. The second-order valence-corrected chi connectivity index (χ2v) is 6.95. The number of hydrogen-bond acceptors (Lipinski definition) is 4. The Labute approximate surface area is 179 Å². The van der Waals surface area contributed by atoms with E-state index in [4.69, 9.17) is 11.6 Å². The van der Waals surface area contributed by atoms with E-state index in [9.17, 15) is 18.0 Å². The number of benzene rings is 2. The van der Waals surface area contributed by atoms with Crippen LogP contribution < -0.4 is 9.64 Å². The van der Waals surface area contributed by atoms with Crippen LogP contribution in [0.5, 0.6) is 5.75 Å². The number of hydrogen-bond donors (Lipinski definition) is 0. The monoisotopic (exact) mass is 446 g/mol. The number of amides is 1. The maximum atomic E-state index is 13.4. The zero-order valence-corrected chi connectivity index (χ0v) is 16.7. The van der Waals surface area contributed by atoms with Gasteiger partial charge in [-0.3, -0.25) is 9.20 Å². The highest BCUT2D eigenvalue weighted by atomic mass is 35.5. The summed E-state index contributed by atoms with van der Waals surface area (Å²) < 4.78 is 43.4. The van der Waals surface area contributed by atoms with Crippen LogP contribution in [0.25, 0.3) is 17.0 Å². The van der Waals surface area contributed by atoms with Gasteiger partial charge in [0.05, 0.1) is 0 Å². The molecule has 0 atom stereocenters. The van der Waals surface area contributed by atoms with Crippen molar-refractivity contribution in [3.63, 3.8) is 0 Å². The molecule has 0 aliphatic carbocycles. The predicted octanol–water partition coefficient (Wildman–Crippen LogP) is 5.22. The van der Waals surface area contributed by atoms with Crippen molar-refractivity contribution in [2.24, 2.45) is 0 Å². The molecule has 0 N–H and O–H groups in total. The third-order valence-electron chi connectivity index (χ3n) is 4.47. The number of anilines is 1. The highest BCUT2D eigenvalue weighted by Crippen LogP contribution is 2.31. The Bertz CT molecular complexity index is 1260. The Morgan fingerprint density at radius 1 is 1.13 bits per heavy atom. The predicted molar refractivity (Wildman–Crippen MR) is 109 cm³/mol. The summed E-state index contributed by atoms with van der Waals surface area (Å²) in [6, 6.07) is 13.6. The molecule has 1 amide bonds. The summed E-state index contributed by atoms with van der Waals surface area (Å²) in [6.07, 6.45) is -1.73.